The van der Waals surface area contributed by atoms with Crippen molar-refractivity contribution in [1.29, 1.82) is 0 Å². The normalized spacial score (nSPS) is 10.8. The van der Waals surface area contributed by atoms with Crippen molar-refractivity contribution in [2.24, 2.45) is 0 Å². The molecule has 3 aromatic rings. The second-order valence-electron chi connectivity index (χ2n) is 4.59. The van der Waals surface area contributed by atoms with Gasteiger partial charge in [0.2, 0.25) is 0 Å². The van der Waals surface area contributed by atoms with Crippen molar-refractivity contribution >= 4 is 16.7 Å². The maximum atomic E-state index is 13.1. The fourth-order valence-corrected chi connectivity index (χ4v) is 2.23. The van der Waals surface area contributed by atoms with Crippen molar-refractivity contribution in [3.63, 3.8) is 0 Å². The first kappa shape index (κ1) is 11.7. The molecule has 0 aliphatic rings. The van der Waals surface area contributed by atoms with Crippen LogP contribution in [-0.4, -0.2) is 10.8 Å². The molecule has 0 spiro atoms. The zero-order valence-corrected chi connectivity index (χ0v) is 10.4. The molecule has 0 amide bonds. The summed E-state index contributed by atoms with van der Waals surface area (Å²) in [6.07, 6.45) is 1.63. The number of hydrogen-bond donors (Lipinski definition) is 1. The van der Waals surface area contributed by atoms with Gasteiger partial charge in [0.05, 0.1) is 0 Å². The van der Waals surface area contributed by atoms with Gasteiger partial charge in [-0.05, 0) is 31.2 Å². The zero-order valence-electron chi connectivity index (χ0n) is 10.4. The van der Waals surface area contributed by atoms with Crippen molar-refractivity contribution in [3.8, 4) is 0 Å². The first-order chi connectivity index (χ1) is 9.15. The fourth-order valence-electron chi connectivity index (χ4n) is 2.23. The van der Waals surface area contributed by atoms with E-state index in [2.05, 4.69) is 4.98 Å². The lowest BCUT2D eigenvalue weighted by Crippen LogP contribution is -2.00. The van der Waals surface area contributed by atoms with Gasteiger partial charge < -0.3 is 4.98 Å². The molecule has 1 N–H and O–H groups in total. The van der Waals surface area contributed by atoms with Gasteiger partial charge in [0.1, 0.15) is 5.82 Å². The lowest BCUT2D eigenvalue weighted by molar-refractivity contribution is 0.104. The molecule has 3 heteroatoms. The monoisotopic (exact) mass is 253 g/mol. The van der Waals surface area contributed by atoms with Crippen LogP contribution in [0, 0.1) is 12.7 Å². The van der Waals surface area contributed by atoms with E-state index in [1.807, 2.05) is 25.1 Å². The average Bonchev–Trinajstić information content (AvgIpc) is 2.80. The molecule has 0 saturated heterocycles. The lowest BCUT2D eigenvalue weighted by atomic mass is 10.0. The Kier molecular flexibility index (Phi) is 2.67. The lowest BCUT2D eigenvalue weighted by Gasteiger charge is -2.01. The molecule has 1 heterocycles. The number of fused-ring (bicyclic) bond motifs is 1. The molecule has 2 aromatic carbocycles. The third kappa shape index (κ3) is 2.03. The van der Waals surface area contributed by atoms with Crippen LogP contribution in [-0.2, 0) is 0 Å². The molecule has 0 aliphatic heterocycles. The first-order valence-corrected chi connectivity index (χ1v) is 6.03. The van der Waals surface area contributed by atoms with Gasteiger partial charge in [-0.2, -0.15) is 0 Å². The van der Waals surface area contributed by atoms with Crippen LogP contribution < -0.4 is 0 Å². The molecule has 0 fully saturated rings. The van der Waals surface area contributed by atoms with E-state index >= 15 is 0 Å². The van der Waals surface area contributed by atoms with E-state index in [9.17, 15) is 9.18 Å². The minimum Gasteiger partial charge on any atom is -0.360 e. The number of rotatable bonds is 2. The van der Waals surface area contributed by atoms with Gasteiger partial charge in [-0.25, -0.2) is 4.39 Å². The van der Waals surface area contributed by atoms with Crippen LogP contribution in [0.25, 0.3) is 10.9 Å². The number of nitrogens with one attached hydrogen (secondary N) is 1. The number of aryl methyl sites for hydroxylation is 1. The standard InChI is InChI=1S/C16H12FNO/c1-10-3-2-4-11(7-10)16(19)14-9-18-15-8-12(17)5-6-13(14)15/h2-9,18H,1H3. The van der Waals surface area contributed by atoms with E-state index < -0.39 is 0 Å². The Morgan fingerprint density at radius 2 is 2.00 bits per heavy atom. The molecule has 3 rings (SSSR count). The Morgan fingerprint density at radius 1 is 1.16 bits per heavy atom. The quantitative estimate of drug-likeness (QED) is 0.691. The number of halogens is 1. The Hall–Kier alpha value is -2.42. The van der Waals surface area contributed by atoms with Crippen LogP contribution in [0.1, 0.15) is 21.5 Å². The molecule has 2 nitrogen and oxygen atoms in total. The third-order valence-corrected chi connectivity index (χ3v) is 3.17. The molecule has 0 radical (unpaired) electrons. The predicted molar refractivity (Wildman–Crippen MR) is 72.9 cm³/mol. The molecule has 0 saturated carbocycles. The number of hydrogen-bond acceptors (Lipinski definition) is 1. The van der Waals surface area contributed by atoms with Crippen LogP contribution in [0.3, 0.4) is 0 Å². The summed E-state index contributed by atoms with van der Waals surface area (Å²) in [5.41, 5.74) is 2.89. The molecule has 94 valence electrons. The second-order valence-corrected chi connectivity index (χ2v) is 4.59. The highest BCUT2D eigenvalue weighted by Crippen LogP contribution is 2.22. The molecular weight excluding hydrogens is 241 g/mol. The highest BCUT2D eigenvalue weighted by atomic mass is 19.1. The number of ketones is 1. The molecule has 0 bridgehead atoms. The topological polar surface area (TPSA) is 32.9 Å². The third-order valence-electron chi connectivity index (χ3n) is 3.17. The van der Waals surface area contributed by atoms with Gasteiger partial charge in [0.25, 0.3) is 0 Å². The Bertz CT molecular complexity index is 773. The molecule has 1 aromatic heterocycles. The molecule has 0 atom stereocenters. The number of carbonyl (C=O) groups excluding carboxylic acids is 1. The van der Waals surface area contributed by atoms with Crippen molar-refractivity contribution in [3.05, 3.63) is 71.2 Å². The number of carbonyl (C=O) groups is 1. The van der Waals surface area contributed by atoms with Gasteiger partial charge in [0, 0.05) is 28.2 Å². The maximum absolute atomic E-state index is 13.1. The minimum absolute atomic E-state index is 0.0541. The highest BCUT2D eigenvalue weighted by Gasteiger charge is 2.14. The average molecular weight is 253 g/mol. The van der Waals surface area contributed by atoms with E-state index in [-0.39, 0.29) is 11.6 Å². The predicted octanol–water partition coefficient (Wildman–Crippen LogP) is 3.85. The van der Waals surface area contributed by atoms with Crippen LogP contribution in [0.5, 0.6) is 0 Å². The molecule has 19 heavy (non-hydrogen) atoms. The summed E-state index contributed by atoms with van der Waals surface area (Å²) in [7, 11) is 0. The van der Waals surface area contributed by atoms with Gasteiger partial charge >= 0.3 is 0 Å². The number of aromatic amines is 1. The summed E-state index contributed by atoms with van der Waals surface area (Å²) >= 11 is 0. The smallest absolute Gasteiger partial charge is 0.195 e. The summed E-state index contributed by atoms with van der Waals surface area (Å²) in [6, 6.07) is 11.8. The van der Waals surface area contributed by atoms with E-state index in [4.69, 9.17) is 0 Å². The summed E-state index contributed by atoms with van der Waals surface area (Å²) in [5, 5.41) is 0.743. The molecular formula is C16H12FNO. The SMILES string of the molecule is Cc1cccc(C(=O)c2c[nH]c3cc(F)ccc23)c1. The summed E-state index contributed by atoms with van der Waals surface area (Å²) in [5.74, 6) is -0.370. The van der Waals surface area contributed by atoms with E-state index in [1.54, 1.807) is 18.3 Å². The van der Waals surface area contributed by atoms with Crippen LogP contribution in [0.15, 0.2) is 48.7 Å². The number of benzene rings is 2. The second kappa shape index (κ2) is 4.35. The maximum Gasteiger partial charge on any atom is 0.195 e. The van der Waals surface area contributed by atoms with Crippen molar-refractivity contribution in [2.75, 3.05) is 0 Å². The Balaban J connectivity index is 2.12. The summed E-state index contributed by atoms with van der Waals surface area (Å²) in [4.78, 5) is 15.4. The van der Waals surface area contributed by atoms with E-state index in [0.29, 0.717) is 16.6 Å². The Labute approximate surface area is 109 Å². The highest BCUT2D eigenvalue weighted by molar-refractivity contribution is 6.16. The summed E-state index contributed by atoms with van der Waals surface area (Å²) < 4.78 is 13.1. The van der Waals surface area contributed by atoms with Crippen LogP contribution >= 0.6 is 0 Å². The van der Waals surface area contributed by atoms with Gasteiger partial charge in [0.15, 0.2) is 5.78 Å². The van der Waals surface area contributed by atoms with Crippen molar-refractivity contribution in [1.82, 2.24) is 4.98 Å². The number of aromatic nitrogens is 1. The Morgan fingerprint density at radius 3 is 2.79 bits per heavy atom. The molecule has 0 aliphatic carbocycles. The largest absolute Gasteiger partial charge is 0.360 e. The summed E-state index contributed by atoms with van der Waals surface area (Å²) in [6.45, 7) is 1.95. The zero-order chi connectivity index (χ0) is 13.4. The van der Waals surface area contributed by atoms with E-state index in [0.717, 1.165) is 10.9 Å². The van der Waals surface area contributed by atoms with Crippen molar-refractivity contribution < 1.29 is 9.18 Å². The fraction of sp³-hybridized carbons (Fsp3) is 0.0625. The minimum atomic E-state index is -0.316. The van der Waals surface area contributed by atoms with Gasteiger partial charge in [-0.3, -0.25) is 4.79 Å². The van der Waals surface area contributed by atoms with E-state index in [1.165, 1.54) is 12.1 Å². The van der Waals surface area contributed by atoms with Gasteiger partial charge in [-0.15, -0.1) is 0 Å². The molecule has 0 unspecified atom stereocenters. The van der Waals surface area contributed by atoms with Crippen molar-refractivity contribution in [2.45, 2.75) is 6.92 Å². The van der Waals surface area contributed by atoms with Crippen LogP contribution in [0.4, 0.5) is 4.39 Å². The first-order valence-electron chi connectivity index (χ1n) is 6.03. The van der Waals surface area contributed by atoms with Gasteiger partial charge in [-0.1, -0.05) is 23.8 Å². The van der Waals surface area contributed by atoms with Crippen LogP contribution in [0.2, 0.25) is 0 Å². The number of H-pyrrole nitrogens is 1.